The minimum Gasteiger partial charge on any atom is -0.352 e. The van der Waals surface area contributed by atoms with E-state index in [-0.39, 0.29) is 36.4 Å². The fourth-order valence-corrected chi connectivity index (χ4v) is 2.63. The smallest absolute Gasteiger partial charge is 0.227 e. The summed E-state index contributed by atoms with van der Waals surface area (Å²) >= 11 is 0. The van der Waals surface area contributed by atoms with Crippen molar-refractivity contribution in [3.05, 3.63) is 65.7 Å². The summed E-state index contributed by atoms with van der Waals surface area (Å²) in [6.45, 7) is 0.367. The zero-order valence-corrected chi connectivity index (χ0v) is 14.5. The van der Waals surface area contributed by atoms with Crippen LogP contribution in [-0.4, -0.2) is 17.6 Å². The Morgan fingerprint density at radius 2 is 1.69 bits per heavy atom. The maximum absolute atomic E-state index is 12.0. The van der Waals surface area contributed by atoms with Crippen molar-refractivity contribution in [3.63, 3.8) is 0 Å². The van der Waals surface area contributed by atoms with Crippen molar-refractivity contribution in [2.45, 2.75) is 32.2 Å². The van der Waals surface area contributed by atoms with Crippen LogP contribution in [0.1, 0.15) is 41.6 Å². The predicted octanol–water partition coefficient (Wildman–Crippen LogP) is 3.31. The molecule has 5 heteroatoms. The molecule has 0 atom stereocenters. The summed E-state index contributed by atoms with van der Waals surface area (Å²) in [7, 11) is 0. The fraction of sp³-hybridized carbons (Fsp3) is 0.286. The molecule has 0 spiro atoms. The van der Waals surface area contributed by atoms with Gasteiger partial charge in [0.1, 0.15) is 0 Å². The molecule has 0 aromatic heterocycles. The highest BCUT2D eigenvalue weighted by molar-refractivity contribution is 5.98. The molecule has 2 aromatic rings. The molecule has 1 fully saturated rings. The Balaban J connectivity index is 1.44. The van der Waals surface area contributed by atoms with Gasteiger partial charge < -0.3 is 10.6 Å². The number of ketones is 1. The van der Waals surface area contributed by atoms with Gasteiger partial charge in [0.25, 0.3) is 0 Å². The molecule has 26 heavy (non-hydrogen) atoms. The summed E-state index contributed by atoms with van der Waals surface area (Å²) in [4.78, 5) is 35.8. The highest BCUT2D eigenvalue weighted by Gasteiger charge is 2.29. The largest absolute Gasteiger partial charge is 0.352 e. The second-order valence-electron chi connectivity index (χ2n) is 6.53. The number of Topliss-reactive ketones (excluding diaryl/α,β-unsaturated/α-hetero) is 1. The SMILES string of the molecule is O=C(CCC(=O)c1ccccc1)NCc1cccc(NC(=O)C2CC2)c1. The Bertz CT molecular complexity index is 798. The zero-order chi connectivity index (χ0) is 18.4. The second kappa shape index (κ2) is 8.43. The van der Waals surface area contributed by atoms with E-state index in [9.17, 15) is 14.4 Å². The van der Waals surface area contributed by atoms with Gasteiger partial charge in [-0.3, -0.25) is 14.4 Å². The number of carbonyl (C=O) groups excluding carboxylic acids is 3. The number of nitrogens with one attached hydrogen (secondary N) is 2. The second-order valence-corrected chi connectivity index (χ2v) is 6.53. The van der Waals surface area contributed by atoms with Crippen molar-refractivity contribution in [2.75, 3.05) is 5.32 Å². The van der Waals surface area contributed by atoms with E-state index in [4.69, 9.17) is 0 Å². The molecule has 0 heterocycles. The summed E-state index contributed by atoms with van der Waals surface area (Å²) in [6.07, 6.45) is 2.27. The van der Waals surface area contributed by atoms with Gasteiger partial charge >= 0.3 is 0 Å². The van der Waals surface area contributed by atoms with E-state index in [0.29, 0.717) is 12.1 Å². The third-order valence-corrected chi connectivity index (χ3v) is 4.31. The monoisotopic (exact) mass is 350 g/mol. The van der Waals surface area contributed by atoms with Crippen LogP contribution < -0.4 is 10.6 Å². The number of carbonyl (C=O) groups is 3. The van der Waals surface area contributed by atoms with Gasteiger partial charge in [0, 0.05) is 36.6 Å². The Hall–Kier alpha value is -2.95. The number of amides is 2. The van der Waals surface area contributed by atoms with Crippen molar-refractivity contribution in [1.29, 1.82) is 0 Å². The lowest BCUT2D eigenvalue weighted by atomic mass is 10.1. The number of rotatable bonds is 8. The van der Waals surface area contributed by atoms with Gasteiger partial charge in [-0.1, -0.05) is 42.5 Å². The van der Waals surface area contributed by atoms with Gasteiger partial charge in [-0.05, 0) is 30.5 Å². The summed E-state index contributed by atoms with van der Waals surface area (Å²) in [6, 6.07) is 16.4. The molecule has 2 N–H and O–H groups in total. The molecule has 1 aliphatic carbocycles. The van der Waals surface area contributed by atoms with E-state index in [2.05, 4.69) is 10.6 Å². The van der Waals surface area contributed by atoms with Crippen molar-refractivity contribution in [1.82, 2.24) is 5.32 Å². The average Bonchev–Trinajstić information content (AvgIpc) is 3.51. The van der Waals surface area contributed by atoms with E-state index < -0.39 is 0 Å². The van der Waals surface area contributed by atoms with E-state index in [0.717, 1.165) is 24.1 Å². The molecule has 2 aromatic carbocycles. The van der Waals surface area contributed by atoms with Crippen LogP contribution in [0.3, 0.4) is 0 Å². The van der Waals surface area contributed by atoms with Gasteiger partial charge in [0.2, 0.25) is 11.8 Å². The lowest BCUT2D eigenvalue weighted by Crippen LogP contribution is -2.23. The molecule has 134 valence electrons. The Kier molecular flexibility index (Phi) is 5.79. The quantitative estimate of drug-likeness (QED) is 0.717. The lowest BCUT2D eigenvalue weighted by Gasteiger charge is -2.08. The van der Waals surface area contributed by atoms with Gasteiger partial charge in [-0.15, -0.1) is 0 Å². The van der Waals surface area contributed by atoms with Gasteiger partial charge in [0.05, 0.1) is 0 Å². The normalized spacial score (nSPS) is 13.1. The van der Waals surface area contributed by atoms with Crippen molar-refractivity contribution in [3.8, 4) is 0 Å². The van der Waals surface area contributed by atoms with Crippen LogP contribution in [0.5, 0.6) is 0 Å². The first-order chi connectivity index (χ1) is 12.6. The first-order valence-electron chi connectivity index (χ1n) is 8.86. The van der Waals surface area contributed by atoms with Crippen LogP contribution >= 0.6 is 0 Å². The van der Waals surface area contributed by atoms with Crippen LogP contribution in [0.15, 0.2) is 54.6 Å². The number of hydrogen-bond acceptors (Lipinski definition) is 3. The van der Waals surface area contributed by atoms with Crippen molar-refractivity contribution < 1.29 is 14.4 Å². The third-order valence-electron chi connectivity index (χ3n) is 4.31. The molecule has 0 saturated heterocycles. The van der Waals surface area contributed by atoms with E-state index in [1.165, 1.54) is 0 Å². The van der Waals surface area contributed by atoms with Crippen LogP contribution in [0.25, 0.3) is 0 Å². The van der Waals surface area contributed by atoms with Gasteiger partial charge in [0.15, 0.2) is 5.78 Å². The zero-order valence-electron chi connectivity index (χ0n) is 14.5. The molecule has 0 bridgehead atoms. The van der Waals surface area contributed by atoms with Gasteiger partial charge in [-0.25, -0.2) is 0 Å². The highest BCUT2D eigenvalue weighted by atomic mass is 16.2. The molecule has 0 aliphatic heterocycles. The highest BCUT2D eigenvalue weighted by Crippen LogP contribution is 2.30. The summed E-state index contributed by atoms with van der Waals surface area (Å²) in [5.41, 5.74) is 2.27. The third kappa shape index (κ3) is 5.28. The maximum atomic E-state index is 12.0. The molecule has 3 rings (SSSR count). The van der Waals surface area contributed by atoms with Crippen molar-refractivity contribution >= 4 is 23.3 Å². The molecular formula is C21H22N2O3. The van der Waals surface area contributed by atoms with Crippen LogP contribution in [0.4, 0.5) is 5.69 Å². The maximum Gasteiger partial charge on any atom is 0.227 e. The molecule has 0 radical (unpaired) electrons. The van der Waals surface area contributed by atoms with E-state index in [1.807, 2.05) is 42.5 Å². The Labute approximate surface area is 152 Å². The number of hydrogen-bond donors (Lipinski definition) is 2. The van der Waals surface area contributed by atoms with E-state index in [1.54, 1.807) is 12.1 Å². The molecular weight excluding hydrogens is 328 g/mol. The summed E-state index contributed by atoms with van der Waals surface area (Å²) in [5, 5.41) is 5.71. The Morgan fingerprint density at radius 3 is 2.42 bits per heavy atom. The summed E-state index contributed by atoms with van der Waals surface area (Å²) in [5.74, 6) is 0.0124. The fourth-order valence-electron chi connectivity index (χ4n) is 2.63. The molecule has 0 unspecified atom stereocenters. The molecule has 5 nitrogen and oxygen atoms in total. The molecule has 1 aliphatic rings. The van der Waals surface area contributed by atoms with Gasteiger partial charge in [-0.2, -0.15) is 0 Å². The Morgan fingerprint density at radius 1 is 0.923 bits per heavy atom. The topological polar surface area (TPSA) is 75.3 Å². The number of benzene rings is 2. The molecule has 1 saturated carbocycles. The minimum atomic E-state index is -0.165. The average molecular weight is 350 g/mol. The summed E-state index contributed by atoms with van der Waals surface area (Å²) < 4.78 is 0. The minimum absolute atomic E-state index is 0.0365. The first-order valence-corrected chi connectivity index (χ1v) is 8.86. The first kappa shape index (κ1) is 17.9. The van der Waals surface area contributed by atoms with E-state index >= 15 is 0 Å². The van der Waals surface area contributed by atoms with Crippen LogP contribution in [-0.2, 0) is 16.1 Å². The lowest BCUT2D eigenvalue weighted by molar-refractivity contribution is -0.121. The number of anilines is 1. The standard InChI is InChI=1S/C21H22N2O3/c24-19(16-6-2-1-3-7-16)11-12-20(25)22-14-15-5-4-8-18(13-15)23-21(26)17-9-10-17/h1-8,13,17H,9-12,14H2,(H,22,25)(H,23,26). The van der Waals surface area contributed by atoms with Crippen molar-refractivity contribution in [2.24, 2.45) is 5.92 Å². The van der Waals surface area contributed by atoms with Crippen LogP contribution in [0.2, 0.25) is 0 Å². The predicted molar refractivity (Wildman–Crippen MR) is 99.6 cm³/mol. The van der Waals surface area contributed by atoms with Crippen LogP contribution in [0, 0.1) is 5.92 Å². The molecule has 2 amide bonds.